The van der Waals surface area contributed by atoms with Crippen molar-refractivity contribution in [1.82, 2.24) is 4.90 Å². The van der Waals surface area contributed by atoms with Crippen molar-refractivity contribution >= 4 is 37.6 Å². The summed E-state index contributed by atoms with van der Waals surface area (Å²) < 4.78 is 0. The van der Waals surface area contributed by atoms with Crippen molar-refractivity contribution in [2.24, 2.45) is 5.73 Å². The predicted octanol–water partition coefficient (Wildman–Crippen LogP) is 2.04. The predicted molar refractivity (Wildman–Crippen MR) is 80.6 cm³/mol. The van der Waals surface area contributed by atoms with Crippen molar-refractivity contribution in [3.63, 3.8) is 0 Å². The van der Waals surface area contributed by atoms with Crippen LogP contribution in [0.1, 0.15) is 10.4 Å². The van der Waals surface area contributed by atoms with Crippen molar-refractivity contribution in [2.75, 3.05) is 19.6 Å². The number of ketones is 1. The Morgan fingerprint density at radius 1 is 1.22 bits per heavy atom. The van der Waals surface area contributed by atoms with Crippen LogP contribution in [0.25, 0.3) is 0 Å². The maximum absolute atomic E-state index is 12.1. The fourth-order valence-corrected chi connectivity index (χ4v) is 4.05. The number of Topliss-reactive ketones (excluding diaryl/α,β-unsaturated/α-hetero) is 1. The van der Waals surface area contributed by atoms with Crippen molar-refractivity contribution in [1.29, 1.82) is 0 Å². The lowest BCUT2D eigenvalue weighted by Crippen LogP contribution is -2.55. The summed E-state index contributed by atoms with van der Waals surface area (Å²) in [4.78, 5) is 14.7. The molecule has 1 fully saturated rings. The molecule has 1 aliphatic rings. The van der Waals surface area contributed by atoms with Crippen LogP contribution in [0.15, 0.2) is 30.3 Å². The highest BCUT2D eigenvalue weighted by Crippen LogP contribution is 2.22. The minimum Gasteiger partial charge on any atom is -0.326 e. The molecule has 3 nitrogen and oxygen atoms in total. The number of carbonyl (C=O) groups is 1. The monoisotopic (exact) mass is 374 g/mol. The Bertz CT molecular complexity index is 401. The van der Waals surface area contributed by atoms with Gasteiger partial charge in [-0.05, 0) is 0 Å². The van der Waals surface area contributed by atoms with E-state index in [9.17, 15) is 4.79 Å². The second-order valence-corrected chi connectivity index (χ2v) is 6.94. The van der Waals surface area contributed by atoms with Crippen LogP contribution in [0.4, 0.5) is 0 Å². The minimum atomic E-state index is 0.0908. The van der Waals surface area contributed by atoms with E-state index in [2.05, 4.69) is 36.8 Å². The van der Waals surface area contributed by atoms with Gasteiger partial charge in [0.15, 0.2) is 5.78 Å². The second kappa shape index (κ2) is 6.28. The first-order valence-electron chi connectivity index (χ1n) is 5.92. The third kappa shape index (κ3) is 3.41. The van der Waals surface area contributed by atoms with Crippen molar-refractivity contribution in [3.05, 3.63) is 35.9 Å². The molecule has 1 heterocycles. The van der Waals surface area contributed by atoms with E-state index in [4.69, 9.17) is 5.73 Å². The molecule has 0 aliphatic carbocycles. The van der Waals surface area contributed by atoms with Crippen LogP contribution < -0.4 is 5.73 Å². The number of piperidine rings is 1. The molecule has 1 saturated heterocycles. The summed E-state index contributed by atoms with van der Waals surface area (Å²) in [6.07, 6.45) is 0. The standard InChI is InChI=1S/C13H16Br2N2O/c14-10-6-17(7-11(15)13(10)16)8-12(18)9-4-2-1-3-5-9/h1-5,10-11,13H,6-8,16H2. The normalized spacial score (nSPS) is 29.2. The third-order valence-corrected chi connectivity index (χ3v) is 4.96. The molecule has 0 aromatic heterocycles. The SMILES string of the molecule is NC1C(Br)CN(CC(=O)c2ccccc2)CC1Br. The van der Waals surface area contributed by atoms with Crippen molar-refractivity contribution < 1.29 is 4.79 Å². The molecule has 18 heavy (non-hydrogen) atoms. The highest BCUT2D eigenvalue weighted by molar-refractivity contribution is 9.10. The van der Waals surface area contributed by atoms with E-state index in [1.807, 2.05) is 30.3 Å². The molecule has 2 unspecified atom stereocenters. The van der Waals surface area contributed by atoms with Gasteiger partial charge in [0.2, 0.25) is 0 Å². The molecular formula is C13H16Br2N2O. The summed E-state index contributed by atoms with van der Waals surface area (Å²) >= 11 is 7.15. The minimum absolute atomic E-state index is 0.0908. The smallest absolute Gasteiger partial charge is 0.176 e. The molecule has 0 spiro atoms. The van der Waals surface area contributed by atoms with Gasteiger partial charge >= 0.3 is 0 Å². The van der Waals surface area contributed by atoms with Gasteiger partial charge in [-0.3, -0.25) is 9.69 Å². The summed E-state index contributed by atoms with van der Waals surface area (Å²) in [7, 11) is 0. The average Bonchev–Trinajstić information content (AvgIpc) is 2.37. The summed E-state index contributed by atoms with van der Waals surface area (Å²) in [6, 6.07) is 9.50. The fraction of sp³-hybridized carbons (Fsp3) is 0.462. The largest absolute Gasteiger partial charge is 0.326 e. The number of hydrogen-bond acceptors (Lipinski definition) is 3. The molecular weight excluding hydrogens is 360 g/mol. The molecule has 1 aromatic rings. The van der Waals surface area contributed by atoms with Gasteiger partial charge in [-0.1, -0.05) is 62.2 Å². The van der Waals surface area contributed by atoms with Crippen LogP contribution in [0.2, 0.25) is 0 Å². The summed E-state index contributed by atoms with van der Waals surface area (Å²) in [5, 5.41) is 0. The molecule has 0 amide bonds. The van der Waals surface area contributed by atoms with Crippen LogP contribution in [-0.4, -0.2) is 46.0 Å². The maximum Gasteiger partial charge on any atom is 0.176 e. The van der Waals surface area contributed by atoms with Crippen molar-refractivity contribution in [2.45, 2.75) is 15.7 Å². The zero-order valence-electron chi connectivity index (χ0n) is 9.93. The summed E-state index contributed by atoms with van der Waals surface area (Å²) in [6.45, 7) is 2.06. The molecule has 0 radical (unpaired) electrons. The number of nitrogens with zero attached hydrogens (tertiary/aromatic N) is 1. The maximum atomic E-state index is 12.1. The van der Waals surface area contributed by atoms with Gasteiger partial charge < -0.3 is 5.73 Å². The number of likely N-dealkylation sites (tertiary alicyclic amines) is 1. The molecule has 1 aromatic carbocycles. The molecule has 5 heteroatoms. The van der Waals surface area contributed by atoms with Gasteiger partial charge in [0.1, 0.15) is 0 Å². The van der Waals surface area contributed by atoms with Crippen LogP contribution in [0.3, 0.4) is 0 Å². The number of hydrogen-bond donors (Lipinski definition) is 1. The number of benzene rings is 1. The topological polar surface area (TPSA) is 46.3 Å². The molecule has 0 bridgehead atoms. The third-order valence-electron chi connectivity index (χ3n) is 3.16. The molecule has 98 valence electrons. The number of alkyl halides is 2. The number of carbonyl (C=O) groups excluding carboxylic acids is 1. The van der Waals surface area contributed by atoms with Gasteiger partial charge in [0.05, 0.1) is 6.54 Å². The van der Waals surface area contributed by atoms with Crippen molar-refractivity contribution in [3.8, 4) is 0 Å². The van der Waals surface area contributed by atoms with Crippen LogP contribution >= 0.6 is 31.9 Å². The van der Waals surface area contributed by atoms with Gasteiger partial charge in [0.25, 0.3) is 0 Å². The Morgan fingerprint density at radius 2 is 1.78 bits per heavy atom. The van der Waals surface area contributed by atoms with E-state index in [0.717, 1.165) is 18.7 Å². The first kappa shape index (κ1) is 14.2. The quantitative estimate of drug-likeness (QED) is 0.649. The lowest BCUT2D eigenvalue weighted by atomic mass is 10.0. The Morgan fingerprint density at radius 3 is 2.33 bits per heavy atom. The summed E-state index contributed by atoms with van der Waals surface area (Å²) in [5.74, 6) is 0.158. The van der Waals surface area contributed by atoms with E-state index >= 15 is 0 Å². The fourth-order valence-electron chi connectivity index (χ4n) is 2.09. The second-order valence-electron chi connectivity index (χ2n) is 4.59. The van der Waals surface area contributed by atoms with E-state index < -0.39 is 0 Å². The van der Waals surface area contributed by atoms with Crippen LogP contribution in [-0.2, 0) is 0 Å². The van der Waals surface area contributed by atoms with Gasteiger partial charge in [0, 0.05) is 34.3 Å². The zero-order chi connectivity index (χ0) is 13.1. The van der Waals surface area contributed by atoms with Crippen LogP contribution in [0, 0.1) is 0 Å². The molecule has 2 rings (SSSR count). The van der Waals surface area contributed by atoms with E-state index in [1.54, 1.807) is 0 Å². The Balaban J connectivity index is 1.96. The molecule has 0 saturated carbocycles. The number of rotatable bonds is 3. The lowest BCUT2D eigenvalue weighted by Gasteiger charge is -2.37. The Kier molecular flexibility index (Phi) is 4.95. The first-order chi connectivity index (χ1) is 8.58. The van der Waals surface area contributed by atoms with E-state index in [-0.39, 0.29) is 21.5 Å². The average molecular weight is 376 g/mol. The number of nitrogens with two attached hydrogens (primary N) is 1. The first-order valence-corrected chi connectivity index (χ1v) is 7.75. The number of halogens is 2. The molecule has 1 aliphatic heterocycles. The highest BCUT2D eigenvalue weighted by Gasteiger charge is 2.32. The highest BCUT2D eigenvalue weighted by atomic mass is 79.9. The van der Waals surface area contributed by atoms with Crippen LogP contribution in [0.5, 0.6) is 0 Å². The zero-order valence-corrected chi connectivity index (χ0v) is 13.1. The van der Waals surface area contributed by atoms with Gasteiger partial charge in [-0.15, -0.1) is 0 Å². The molecule has 2 atom stereocenters. The Hall–Kier alpha value is -0.230. The van der Waals surface area contributed by atoms with E-state index in [0.29, 0.717) is 6.54 Å². The lowest BCUT2D eigenvalue weighted by molar-refractivity contribution is 0.0917. The van der Waals surface area contributed by atoms with Gasteiger partial charge in [-0.25, -0.2) is 0 Å². The Labute approximate surface area is 124 Å². The van der Waals surface area contributed by atoms with E-state index in [1.165, 1.54) is 0 Å². The summed E-state index contributed by atoms with van der Waals surface area (Å²) in [5.41, 5.74) is 6.79. The molecule has 2 N–H and O–H groups in total. The van der Waals surface area contributed by atoms with Gasteiger partial charge in [-0.2, -0.15) is 0 Å².